The molecule has 88 valence electrons. The first-order valence-corrected chi connectivity index (χ1v) is 7.01. The quantitative estimate of drug-likeness (QED) is 0.743. The number of nitrogens with zero attached hydrogens (tertiary/aromatic N) is 1. The molecule has 0 spiro atoms. The van der Waals surface area contributed by atoms with Crippen LogP contribution in [0.15, 0.2) is 0 Å². The largest absolute Gasteiger partial charge is 0.339 e. The predicted octanol–water partition coefficient (Wildman–Crippen LogP) is -0.0634. The Morgan fingerprint density at radius 2 is 2.13 bits per heavy atom. The Kier molecular flexibility index (Phi) is 4.10. The van der Waals surface area contributed by atoms with Gasteiger partial charge in [-0.1, -0.05) is 0 Å². The maximum absolute atomic E-state index is 11.3. The lowest BCUT2D eigenvalue weighted by atomic mass is 10.0. The van der Waals surface area contributed by atoms with E-state index < -0.39 is 10.0 Å². The van der Waals surface area contributed by atoms with E-state index in [0.717, 1.165) is 32.1 Å². The molecule has 6 heteroatoms. The number of hydrogen-bond donors (Lipinski definition) is 1. The van der Waals surface area contributed by atoms with Crippen molar-refractivity contribution in [3.8, 4) is 0 Å². The smallest absolute Gasteiger partial charge is 0.219 e. The SMILES string of the molecule is CC(=O)N1CCCC[C@@H]1CNS(C)(=O)=O. The minimum Gasteiger partial charge on any atom is -0.339 e. The number of nitrogens with one attached hydrogen (secondary N) is 1. The third-order valence-electron chi connectivity index (χ3n) is 2.61. The van der Waals surface area contributed by atoms with Crippen LogP contribution in [0.2, 0.25) is 0 Å². The van der Waals surface area contributed by atoms with Gasteiger partial charge in [0.25, 0.3) is 0 Å². The number of amides is 1. The lowest BCUT2D eigenvalue weighted by molar-refractivity contribution is -0.132. The Morgan fingerprint density at radius 1 is 1.47 bits per heavy atom. The summed E-state index contributed by atoms with van der Waals surface area (Å²) in [5.41, 5.74) is 0. The molecular weight excluding hydrogens is 216 g/mol. The summed E-state index contributed by atoms with van der Waals surface area (Å²) in [5, 5.41) is 0. The Labute approximate surface area is 90.9 Å². The molecule has 15 heavy (non-hydrogen) atoms. The molecule has 0 unspecified atom stereocenters. The van der Waals surface area contributed by atoms with E-state index in [2.05, 4.69) is 4.72 Å². The van der Waals surface area contributed by atoms with Crippen LogP contribution in [0.5, 0.6) is 0 Å². The average Bonchev–Trinajstić information content (AvgIpc) is 2.14. The molecule has 1 rings (SSSR count). The van der Waals surface area contributed by atoms with Gasteiger partial charge in [0.2, 0.25) is 15.9 Å². The van der Waals surface area contributed by atoms with Crippen molar-refractivity contribution in [2.75, 3.05) is 19.3 Å². The van der Waals surface area contributed by atoms with Gasteiger partial charge in [-0.3, -0.25) is 4.79 Å². The molecule has 0 radical (unpaired) electrons. The van der Waals surface area contributed by atoms with Crippen LogP contribution in [0.4, 0.5) is 0 Å². The van der Waals surface area contributed by atoms with Crippen molar-refractivity contribution < 1.29 is 13.2 Å². The highest BCUT2D eigenvalue weighted by atomic mass is 32.2. The van der Waals surface area contributed by atoms with E-state index in [-0.39, 0.29) is 11.9 Å². The van der Waals surface area contributed by atoms with Gasteiger partial charge in [-0.25, -0.2) is 13.1 Å². The van der Waals surface area contributed by atoms with Crippen LogP contribution >= 0.6 is 0 Å². The highest BCUT2D eigenvalue weighted by Gasteiger charge is 2.24. The summed E-state index contributed by atoms with van der Waals surface area (Å²) in [6, 6.07) is 0.0194. The van der Waals surface area contributed by atoms with Gasteiger partial charge in [0.05, 0.1) is 6.26 Å². The van der Waals surface area contributed by atoms with E-state index in [1.54, 1.807) is 4.90 Å². The van der Waals surface area contributed by atoms with Gasteiger partial charge in [0, 0.05) is 26.1 Å². The molecule has 1 atom stereocenters. The zero-order chi connectivity index (χ0) is 11.5. The predicted molar refractivity (Wildman–Crippen MR) is 57.9 cm³/mol. The zero-order valence-electron chi connectivity index (χ0n) is 9.19. The molecule has 1 heterocycles. The molecule has 0 aromatic heterocycles. The first-order chi connectivity index (χ1) is 6.90. The van der Waals surface area contributed by atoms with Gasteiger partial charge in [0.15, 0.2) is 0 Å². The fraction of sp³-hybridized carbons (Fsp3) is 0.889. The van der Waals surface area contributed by atoms with E-state index in [9.17, 15) is 13.2 Å². The molecule has 1 aliphatic heterocycles. The maximum Gasteiger partial charge on any atom is 0.219 e. The summed E-state index contributed by atoms with van der Waals surface area (Å²) in [5.74, 6) is 0.0231. The van der Waals surface area contributed by atoms with E-state index in [4.69, 9.17) is 0 Å². The first kappa shape index (κ1) is 12.4. The minimum absolute atomic E-state index is 0.0194. The van der Waals surface area contributed by atoms with E-state index >= 15 is 0 Å². The normalized spacial score (nSPS) is 22.8. The van der Waals surface area contributed by atoms with Crippen molar-refractivity contribution in [2.24, 2.45) is 0 Å². The molecule has 5 nitrogen and oxygen atoms in total. The molecule has 0 aliphatic carbocycles. The van der Waals surface area contributed by atoms with E-state index in [1.165, 1.54) is 6.92 Å². The molecular formula is C9H18N2O3S. The summed E-state index contributed by atoms with van der Waals surface area (Å²) >= 11 is 0. The molecule has 1 N–H and O–H groups in total. The van der Waals surface area contributed by atoms with Crippen LogP contribution < -0.4 is 4.72 Å². The zero-order valence-corrected chi connectivity index (χ0v) is 10.0. The number of hydrogen-bond acceptors (Lipinski definition) is 3. The van der Waals surface area contributed by atoms with E-state index in [0.29, 0.717) is 6.54 Å². The minimum atomic E-state index is -3.16. The second-order valence-corrected chi connectivity index (χ2v) is 5.82. The maximum atomic E-state index is 11.3. The molecule has 1 aliphatic rings. The number of sulfonamides is 1. The number of rotatable bonds is 3. The number of piperidine rings is 1. The summed E-state index contributed by atoms with van der Waals surface area (Å²) < 4.78 is 24.3. The Bertz CT molecular complexity index is 326. The molecule has 1 saturated heterocycles. The fourth-order valence-electron chi connectivity index (χ4n) is 1.87. The van der Waals surface area contributed by atoms with Crippen LogP contribution in [0.3, 0.4) is 0 Å². The molecule has 0 bridgehead atoms. The summed E-state index contributed by atoms with van der Waals surface area (Å²) in [7, 11) is -3.16. The third-order valence-corrected chi connectivity index (χ3v) is 3.30. The molecule has 1 fully saturated rings. The molecule has 1 amide bonds. The molecule has 0 saturated carbocycles. The summed E-state index contributed by atoms with van der Waals surface area (Å²) in [4.78, 5) is 13.0. The molecule has 0 aromatic carbocycles. The van der Waals surface area contributed by atoms with Crippen LogP contribution in [-0.2, 0) is 14.8 Å². The van der Waals surface area contributed by atoms with Crippen molar-refractivity contribution in [2.45, 2.75) is 32.2 Å². The van der Waals surface area contributed by atoms with Gasteiger partial charge < -0.3 is 4.90 Å². The van der Waals surface area contributed by atoms with Crippen molar-refractivity contribution in [3.05, 3.63) is 0 Å². The number of likely N-dealkylation sites (tertiary alicyclic amines) is 1. The first-order valence-electron chi connectivity index (χ1n) is 5.12. The van der Waals surface area contributed by atoms with Gasteiger partial charge >= 0.3 is 0 Å². The van der Waals surface area contributed by atoms with Crippen molar-refractivity contribution >= 4 is 15.9 Å². The van der Waals surface area contributed by atoms with Gasteiger partial charge in [-0.15, -0.1) is 0 Å². The molecule has 0 aromatic rings. The topological polar surface area (TPSA) is 66.5 Å². The van der Waals surface area contributed by atoms with Gasteiger partial charge in [0.1, 0.15) is 0 Å². The monoisotopic (exact) mass is 234 g/mol. The van der Waals surface area contributed by atoms with Crippen LogP contribution in [0.1, 0.15) is 26.2 Å². The van der Waals surface area contributed by atoms with Crippen molar-refractivity contribution in [1.82, 2.24) is 9.62 Å². The Morgan fingerprint density at radius 3 is 2.67 bits per heavy atom. The Balaban J connectivity index is 2.54. The number of carbonyl (C=O) groups excluding carboxylic acids is 1. The van der Waals surface area contributed by atoms with Crippen LogP contribution in [0, 0.1) is 0 Å². The standard InChI is InChI=1S/C9H18N2O3S/c1-8(12)11-6-4-3-5-9(11)7-10-15(2,13)14/h9-10H,3-7H2,1-2H3/t9-/m1/s1. The van der Waals surface area contributed by atoms with E-state index in [1.807, 2.05) is 0 Å². The average molecular weight is 234 g/mol. The highest BCUT2D eigenvalue weighted by molar-refractivity contribution is 7.88. The highest BCUT2D eigenvalue weighted by Crippen LogP contribution is 2.16. The lowest BCUT2D eigenvalue weighted by Crippen LogP contribution is -2.48. The summed E-state index contributed by atoms with van der Waals surface area (Å²) in [6.45, 7) is 2.60. The van der Waals surface area contributed by atoms with Gasteiger partial charge in [-0.05, 0) is 19.3 Å². The second-order valence-electron chi connectivity index (χ2n) is 3.98. The van der Waals surface area contributed by atoms with Crippen LogP contribution in [0.25, 0.3) is 0 Å². The summed E-state index contributed by atoms with van der Waals surface area (Å²) in [6.07, 6.45) is 4.07. The van der Waals surface area contributed by atoms with Gasteiger partial charge in [-0.2, -0.15) is 0 Å². The second kappa shape index (κ2) is 4.94. The number of carbonyl (C=O) groups is 1. The fourth-order valence-corrected chi connectivity index (χ4v) is 2.37. The third kappa shape index (κ3) is 4.17. The van der Waals surface area contributed by atoms with Crippen molar-refractivity contribution in [1.29, 1.82) is 0 Å². The van der Waals surface area contributed by atoms with Crippen LogP contribution in [-0.4, -0.2) is 44.6 Å². The van der Waals surface area contributed by atoms with Crippen molar-refractivity contribution in [3.63, 3.8) is 0 Å². The lowest BCUT2D eigenvalue weighted by Gasteiger charge is -2.35. The Hall–Kier alpha value is -0.620.